The van der Waals surface area contributed by atoms with Crippen molar-refractivity contribution in [2.75, 3.05) is 14.1 Å². The first-order valence-corrected chi connectivity index (χ1v) is 5.63. The minimum Gasteiger partial charge on any atom is -0.381 e. The molecule has 0 N–H and O–H groups in total. The molecule has 0 aromatic carbocycles. The van der Waals surface area contributed by atoms with Crippen molar-refractivity contribution in [2.24, 2.45) is 0 Å². The van der Waals surface area contributed by atoms with Gasteiger partial charge in [-0.25, -0.2) is 0 Å². The lowest BCUT2D eigenvalue weighted by atomic mass is 10.2. The summed E-state index contributed by atoms with van der Waals surface area (Å²) < 4.78 is 37.2. The van der Waals surface area contributed by atoms with Gasteiger partial charge in [-0.3, -0.25) is 9.78 Å². The highest BCUT2D eigenvalue weighted by molar-refractivity contribution is 6.34. The zero-order valence-corrected chi connectivity index (χ0v) is 11.3. The maximum Gasteiger partial charge on any atom is 0.417 e. The van der Waals surface area contributed by atoms with Crippen molar-refractivity contribution in [2.45, 2.75) is 13.1 Å². The number of hydrogen-bond donors (Lipinski definition) is 0. The molecule has 19 heavy (non-hydrogen) atoms. The number of carbonyl (C=O) groups excluding carboxylic acids is 1. The van der Waals surface area contributed by atoms with E-state index in [0.29, 0.717) is 18.0 Å². The van der Waals surface area contributed by atoms with E-state index in [1.54, 1.807) is 25.9 Å². The Labute approximate surface area is 113 Å². The molecule has 1 heterocycles. The first-order valence-electron chi connectivity index (χ1n) is 5.25. The second-order valence-electron chi connectivity index (χ2n) is 4.10. The van der Waals surface area contributed by atoms with Crippen molar-refractivity contribution in [3.63, 3.8) is 0 Å². The lowest BCUT2D eigenvalue weighted by Crippen LogP contribution is -2.12. The van der Waals surface area contributed by atoms with Crippen LogP contribution in [0.5, 0.6) is 0 Å². The van der Waals surface area contributed by atoms with Crippen LogP contribution < -0.4 is 0 Å². The number of ketones is 1. The van der Waals surface area contributed by atoms with Crippen molar-refractivity contribution in [3.05, 3.63) is 40.3 Å². The molecule has 0 aliphatic carbocycles. The molecule has 0 fully saturated rings. The Morgan fingerprint density at radius 3 is 2.42 bits per heavy atom. The standard InChI is InChI=1S/C12H12ClF3N2O/c1-7(18(2)3)4-10(19)11-9(13)5-8(6-17-11)12(14,15)16/h4-6H,1-3H3. The Balaban J connectivity index is 3.11. The van der Waals surface area contributed by atoms with Gasteiger partial charge in [0.25, 0.3) is 0 Å². The molecule has 0 unspecified atom stereocenters. The van der Waals surface area contributed by atoms with Crippen LogP contribution in [-0.2, 0) is 6.18 Å². The molecule has 3 nitrogen and oxygen atoms in total. The molecule has 0 radical (unpaired) electrons. The van der Waals surface area contributed by atoms with E-state index in [-0.39, 0.29) is 10.7 Å². The molecule has 7 heteroatoms. The van der Waals surface area contributed by atoms with Crippen molar-refractivity contribution in [1.82, 2.24) is 9.88 Å². The fraction of sp³-hybridized carbons (Fsp3) is 0.333. The number of alkyl halides is 3. The number of aromatic nitrogens is 1. The van der Waals surface area contributed by atoms with Gasteiger partial charge in [-0.2, -0.15) is 13.2 Å². The number of allylic oxidation sites excluding steroid dienone is 2. The van der Waals surface area contributed by atoms with Gasteiger partial charge in [0.1, 0.15) is 5.69 Å². The minimum absolute atomic E-state index is 0.198. The van der Waals surface area contributed by atoms with E-state index in [0.717, 1.165) is 0 Å². The highest BCUT2D eigenvalue weighted by atomic mass is 35.5. The summed E-state index contributed by atoms with van der Waals surface area (Å²) in [6, 6.07) is 0.695. The Hall–Kier alpha value is -1.56. The van der Waals surface area contributed by atoms with Crippen LogP contribution in [-0.4, -0.2) is 29.8 Å². The largest absolute Gasteiger partial charge is 0.417 e. The summed E-state index contributed by atoms with van der Waals surface area (Å²) in [5, 5.41) is -0.317. The molecule has 1 rings (SSSR count). The number of halogens is 4. The molecule has 1 aromatic heterocycles. The Kier molecular flexibility index (Phi) is 4.57. The molecule has 0 saturated carbocycles. The summed E-state index contributed by atoms with van der Waals surface area (Å²) in [5.41, 5.74) is -0.541. The maximum atomic E-state index is 12.4. The molecular weight excluding hydrogens is 281 g/mol. The fourth-order valence-electron chi connectivity index (χ4n) is 1.16. The van der Waals surface area contributed by atoms with Gasteiger partial charge in [-0.05, 0) is 13.0 Å². The third-order valence-corrected chi connectivity index (χ3v) is 2.74. The van der Waals surface area contributed by atoms with E-state index in [2.05, 4.69) is 4.98 Å². The van der Waals surface area contributed by atoms with Crippen LogP contribution in [0.2, 0.25) is 5.02 Å². The Morgan fingerprint density at radius 2 is 2.00 bits per heavy atom. The number of nitrogens with zero attached hydrogens (tertiary/aromatic N) is 2. The SMILES string of the molecule is CC(=CC(=O)c1ncc(C(F)(F)F)cc1Cl)N(C)C. The number of rotatable bonds is 3. The van der Waals surface area contributed by atoms with Crippen LogP contribution in [0, 0.1) is 0 Å². The molecule has 0 atom stereocenters. The first kappa shape index (κ1) is 15.5. The average Bonchev–Trinajstić information content (AvgIpc) is 2.27. The number of hydrogen-bond acceptors (Lipinski definition) is 3. The molecule has 0 amide bonds. The predicted molar refractivity (Wildman–Crippen MR) is 66.0 cm³/mol. The Morgan fingerprint density at radius 1 is 1.42 bits per heavy atom. The molecule has 0 aliphatic heterocycles. The first-order chi connectivity index (χ1) is 8.62. The van der Waals surface area contributed by atoms with Gasteiger partial charge in [0, 0.05) is 32.1 Å². The number of pyridine rings is 1. The molecule has 1 aromatic rings. The van der Waals surface area contributed by atoms with Crippen LogP contribution in [0.25, 0.3) is 0 Å². The predicted octanol–water partition coefficient (Wildman–Crippen LogP) is 3.40. The van der Waals surface area contributed by atoms with Crippen LogP contribution in [0.4, 0.5) is 13.2 Å². The van der Waals surface area contributed by atoms with Crippen LogP contribution in [0.1, 0.15) is 23.0 Å². The van der Waals surface area contributed by atoms with Crippen LogP contribution >= 0.6 is 11.6 Å². The summed E-state index contributed by atoms with van der Waals surface area (Å²) in [6.45, 7) is 1.69. The summed E-state index contributed by atoms with van der Waals surface area (Å²) in [7, 11) is 3.47. The van der Waals surface area contributed by atoms with Gasteiger partial charge < -0.3 is 4.90 Å². The van der Waals surface area contributed by atoms with Gasteiger partial charge in [-0.1, -0.05) is 11.6 Å². The van der Waals surface area contributed by atoms with E-state index in [9.17, 15) is 18.0 Å². The maximum absolute atomic E-state index is 12.4. The van der Waals surface area contributed by atoms with Crippen LogP contribution in [0.3, 0.4) is 0 Å². The zero-order valence-electron chi connectivity index (χ0n) is 10.5. The third kappa shape index (κ3) is 3.96. The van der Waals surface area contributed by atoms with Crippen molar-refractivity contribution >= 4 is 17.4 Å². The van der Waals surface area contributed by atoms with E-state index in [4.69, 9.17) is 11.6 Å². The second-order valence-corrected chi connectivity index (χ2v) is 4.50. The fourth-order valence-corrected chi connectivity index (χ4v) is 1.42. The smallest absolute Gasteiger partial charge is 0.381 e. The van der Waals surface area contributed by atoms with Gasteiger partial charge >= 0.3 is 6.18 Å². The lowest BCUT2D eigenvalue weighted by Gasteiger charge is -2.12. The highest BCUT2D eigenvalue weighted by Crippen LogP contribution is 2.31. The molecule has 0 spiro atoms. The van der Waals surface area contributed by atoms with Gasteiger partial charge in [-0.15, -0.1) is 0 Å². The van der Waals surface area contributed by atoms with E-state index in [1.807, 2.05) is 0 Å². The minimum atomic E-state index is -4.53. The van der Waals surface area contributed by atoms with Gasteiger partial charge in [0.2, 0.25) is 5.78 Å². The molecule has 0 saturated heterocycles. The third-order valence-electron chi connectivity index (χ3n) is 2.45. The lowest BCUT2D eigenvalue weighted by molar-refractivity contribution is -0.137. The van der Waals surface area contributed by atoms with E-state index in [1.165, 1.54) is 6.08 Å². The molecule has 104 valence electrons. The highest BCUT2D eigenvalue weighted by Gasteiger charge is 2.32. The van der Waals surface area contributed by atoms with Crippen molar-refractivity contribution < 1.29 is 18.0 Å². The summed E-state index contributed by atoms with van der Waals surface area (Å²) in [4.78, 5) is 17.0. The Bertz CT molecular complexity index is 524. The topological polar surface area (TPSA) is 33.2 Å². The molecular formula is C12H12ClF3N2O. The summed E-state index contributed by atoms with van der Waals surface area (Å²) >= 11 is 5.67. The number of carbonyl (C=O) groups is 1. The summed E-state index contributed by atoms with van der Waals surface area (Å²) in [5.74, 6) is -0.537. The van der Waals surface area contributed by atoms with Crippen molar-refractivity contribution in [3.8, 4) is 0 Å². The average molecular weight is 293 g/mol. The van der Waals surface area contributed by atoms with E-state index >= 15 is 0 Å². The quantitative estimate of drug-likeness (QED) is 0.632. The van der Waals surface area contributed by atoms with Crippen LogP contribution in [0.15, 0.2) is 24.0 Å². The normalized spacial score (nSPS) is 12.5. The summed E-state index contributed by atoms with van der Waals surface area (Å²) in [6.07, 6.45) is -2.67. The zero-order chi connectivity index (χ0) is 14.8. The molecule has 0 bridgehead atoms. The van der Waals surface area contributed by atoms with Crippen molar-refractivity contribution in [1.29, 1.82) is 0 Å². The van der Waals surface area contributed by atoms with E-state index < -0.39 is 17.5 Å². The monoisotopic (exact) mass is 292 g/mol. The molecule has 0 aliphatic rings. The van der Waals surface area contributed by atoms with Gasteiger partial charge in [0.15, 0.2) is 0 Å². The second kappa shape index (κ2) is 5.61. The van der Waals surface area contributed by atoms with Gasteiger partial charge in [0.05, 0.1) is 10.6 Å².